The Morgan fingerprint density at radius 1 is 0.909 bits per heavy atom. The summed E-state index contributed by atoms with van der Waals surface area (Å²) in [6.45, 7) is 7.76. The topological polar surface area (TPSA) is 52.7 Å². The fraction of sp³-hybridized carbons (Fsp3) is 0.333. The molecule has 0 atom stereocenters. The minimum absolute atomic E-state index is 0.0468. The summed E-state index contributed by atoms with van der Waals surface area (Å²) in [7, 11) is 0. The van der Waals surface area contributed by atoms with Gasteiger partial charge in [0.25, 0.3) is 0 Å². The van der Waals surface area contributed by atoms with Crippen molar-refractivity contribution in [2.24, 2.45) is 0 Å². The third-order valence-corrected chi connectivity index (χ3v) is 6.63. The van der Waals surface area contributed by atoms with Gasteiger partial charge in [-0.15, -0.1) is 11.3 Å². The van der Waals surface area contributed by atoms with Crippen molar-refractivity contribution in [2.75, 3.05) is 18.4 Å². The minimum atomic E-state index is -0.238. The van der Waals surface area contributed by atoms with E-state index in [1.165, 1.54) is 10.4 Å². The second kappa shape index (κ2) is 12.2. The van der Waals surface area contributed by atoms with Crippen LogP contribution in [-0.2, 0) is 24.3 Å². The molecule has 1 N–H and O–H groups in total. The summed E-state index contributed by atoms with van der Waals surface area (Å²) in [5, 5.41) is 5.07. The van der Waals surface area contributed by atoms with Crippen LogP contribution in [0.5, 0.6) is 0 Å². The van der Waals surface area contributed by atoms with Crippen molar-refractivity contribution < 1.29 is 9.59 Å². The molecule has 0 aliphatic rings. The van der Waals surface area contributed by atoms with Gasteiger partial charge in [-0.3, -0.25) is 4.79 Å². The van der Waals surface area contributed by atoms with Crippen LogP contribution in [0.25, 0.3) is 0 Å². The van der Waals surface area contributed by atoms with E-state index in [4.69, 9.17) is 0 Å². The van der Waals surface area contributed by atoms with Crippen molar-refractivity contribution in [3.05, 3.63) is 87.6 Å². The molecule has 0 bridgehead atoms. The minimum Gasteiger partial charge on any atom is -0.332 e. The summed E-state index contributed by atoms with van der Waals surface area (Å²) in [6.07, 6.45) is 1.60. The highest BCUT2D eigenvalue weighted by Crippen LogP contribution is 2.20. The molecular weight excluding hydrogens is 430 g/mol. The van der Waals surface area contributed by atoms with Crippen LogP contribution in [-0.4, -0.2) is 34.8 Å². The highest BCUT2D eigenvalue weighted by atomic mass is 32.1. The SMILES string of the molecule is CCCN(CC(=O)N(Cc1ccccc1)Cc1sccc1C)C(=O)Nc1ccccc1CC. The first kappa shape index (κ1) is 24.5. The molecule has 0 aliphatic carbocycles. The van der Waals surface area contributed by atoms with Gasteiger partial charge in [0.15, 0.2) is 0 Å². The lowest BCUT2D eigenvalue weighted by molar-refractivity contribution is -0.133. The van der Waals surface area contributed by atoms with Crippen LogP contribution in [0.1, 0.15) is 41.8 Å². The van der Waals surface area contributed by atoms with Crippen LogP contribution in [0.2, 0.25) is 0 Å². The quantitative estimate of drug-likeness (QED) is 0.395. The molecule has 3 aromatic rings. The number of nitrogens with zero attached hydrogens (tertiary/aromatic N) is 2. The van der Waals surface area contributed by atoms with Crippen molar-refractivity contribution in [1.82, 2.24) is 9.80 Å². The van der Waals surface area contributed by atoms with Crippen molar-refractivity contribution in [3.63, 3.8) is 0 Å². The number of benzene rings is 2. The molecule has 3 amide bonds. The monoisotopic (exact) mass is 463 g/mol. The third kappa shape index (κ3) is 6.93. The van der Waals surface area contributed by atoms with Crippen molar-refractivity contribution >= 4 is 29.0 Å². The Labute approximate surface area is 201 Å². The Morgan fingerprint density at radius 2 is 1.64 bits per heavy atom. The highest BCUT2D eigenvalue weighted by Gasteiger charge is 2.22. The molecule has 0 unspecified atom stereocenters. The van der Waals surface area contributed by atoms with Gasteiger partial charge in [-0.05, 0) is 54.0 Å². The zero-order valence-electron chi connectivity index (χ0n) is 19.7. The lowest BCUT2D eigenvalue weighted by Crippen LogP contribution is -2.44. The van der Waals surface area contributed by atoms with Gasteiger partial charge in [-0.25, -0.2) is 4.79 Å². The average molecular weight is 464 g/mol. The molecule has 0 fully saturated rings. The van der Waals surface area contributed by atoms with E-state index in [2.05, 4.69) is 30.6 Å². The van der Waals surface area contributed by atoms with Gasteiger partial charge in [0.2, 0.25) is 5.91 Å². The van der Waals surface area contributed by atoms with Gasteiger partial charge in [-0.2, -0.15) is 0 Å². The summed E-state index contributed by atoms with van der Waals surface area (Å²) in [5.41, 5.74) is 4.13. The first-order valence-electron chi connectivity index (χ1n) is 11.5. The van der Waals surface area contributed by atoms with Crippen LogP contribution >= 0.6 is 11.3 Å². The molecule has 0 radical (unpaired) electrons. The number of thiophene rings is 1. The Bertz CT molecular complexity index is 1050. The van der Waals surface area contributed by atoms with E-state index in [1.54, 1.807) is 16.2 Å². The lowest BCUT2D eigenvalue weighted by atomic mass is 10.1. The summed E-state index contributed by atoms with van der Waals surface area (Å²) in [5.74, 6) is -0.0565. The normalized spacial score (nSPS) is 10.6. The van der Waals surface area contributed by atoms with E-state index in [0.717, 1.165) is 29.7 Å². The number of nitrogens with one attached hydrogen (secondary N) is 1. The van der Waals surface area contributed by atoms with Gasteiger partial charge in [0.1, 0.15) is 6.54 Å². The second-order valence-electron chi connectivity index (χ2n) is 8.12. The van der Waals surface area contributed by atoms with Gasteiger partial charge in [0, 0.05) is 23.7 Å². The summed E-state index contributed by atoms with van der Waals surface area (Å²) in [6, 6.07) is 19.6. The molecule has 3 rings (SSSR count). The molecule has 1 aromatic heterocycles. The number of anilines is 1. The van der Waals surface area contributed by atoms with E-state index >= 15 is 0 Å². The van der Waals surface area contributed by atoms with E-state index in [-0.39, 0.29) is 18.5 Å². The number of amides is 3. The molecular formula is C27H33N3O2S. The van der Waals surface area contributed by atoms with Crippen LogP contribution in [0.15, 0.2) is 66.0 Å². The van der Waals surface area contributed by atoms with Gasteiger partial charge in [-0.1, -0.05) is 62.4 Å². The number of para-hydroxylation sites is 1. The number of hydrogen-bond acceptors (Lipinski definition) is 3. The Morgan fingerprint density at radius 3 is 2.30 bits per heavy atom. The van der Waals surface area contributed by atoms with Crippen LogP contribution in [0.4, 0.5) is 10.5 Å². The molecule has 33 heavy (non-hydrogen) atoms. The predicted octanol–water partition coefficient (Wildman–Crippen LogP) is 6.09. The van der Waals surface area contributed by atoms with Gasteiger partial charge >= 0.3 is 6.03 Å². The fourth-order valence-electron chi connectivity index (χ4n) is 3.71. The molecule has 0 saturated heterocycles. The smallest absolute Gasteiger partial charge is 0.322 e. The molecule has 5 nitrogen and oxygen atoms in total. The van der Waals surface area contributed by atoms with E-state index in [1.807, 2.05) is 66.4 Å². The number of hydrogen-bond donors (Lipinski definition) is 1. The van der Waals surface area contributed by atoms with E-state index < -0.39 is 0 Å². The molecule has 1 heterocycles. The lowest BCUT2D eigenvalue weighted by Gasteiger charge is -2.28. The number of carbonyl (C=O) groups is 2. The van der Waals surface area contributed by atoms with E-state index in [9.17, 15) is 9.59 Å². The van der Waals surface area contributed by atoms with Gasteiger partial charge in [0.05, 0.1) is 6.54 Å². The summed E-state index contributed by atoms with van der Waals surface area (Å²) >= 11 is 1.66. The maximum absolute atomic E-state index is 13.5. The van der Waals surface area contributed by atoms with Crippen LogP contribution in [0, 0.1) is 6.92 Å². The van der Waals surface area contributed by atoms with E-state index in [0.29, 0.717) is 19.6 Å². The average Bonchev–Trinajstić information content (AvgIpc) is 3.23. The predicted molar refractivity (Wildman–Crippen MR) is 136 cm³/mol. The maximum atomic E-state index is 13.5. The zero-order valence-corrected chi connectivity index (χ0v) is 20.5. The fourth-order valence-corrected chi connectivity index (χ4v) is 4.63. The Hall–Kier alpha value is -3.12. The first-order chi connectivity index (χ1) is 16.0. The largest absolute Gasteiger partial charge is 0.332 e. The molecule has 0 saturated carbocycles. The molecule has 6 heteroatoms. The van der Waals surface area contributed by atoms with Crippen molar-refractivity contribution in [1.29, 1.82) is 0 Å². The first-order valence-corrected chi connectivity index (χ1v) is 12.4. The maximum Gasteiger partial charge on any atom is 0.322 e. The van der Waals surface area contributed by atoms with Gasteiger partial charge < -0.3 is 15.1 Å². The van der Waals surface area contributed by atoms with Crippen LogP contribution < -0.4 is 5.32 Å². The summed E-state index contributed by atoms with van der Waals surface area (Å²) < 4.78 is 0. The number of urea groups is 1. The Balaban J connectivity index is 1.76. The third-order valence-electron chi connectivity index (χ3n) is 5.62. The standard InChI is InChI=1S/C27H33N3O2S/c1-4-16-29(27(32)28-24-14-10-9-13-23(24)5-2)20-26(31)30(18-22-11-7-6-8-12-22)19-25-21(3)15-17-33-25/h6-15,17H,4-5,16,18-20H2,1-3H3,(H,28,32). The van der Waals surface area contributed by atoms with Crippen LogP contribution in [0.3, 0.4) is 0 Å². The highest BCUT2D eigenvalue weighted by molar-refractivity contribution is 7.10. The number of aryl methyl sites for hydroxylation is 2. The van der Waals surface area contributed by atoms with Crippen molar-refractivity contribution in [2.45, 2.75) is 46.7 Å². The van der Waals surface area contributed by atoms with Crippen molar-refractivity contribution in [3.8, 4) is 0 Å². The number of rotatable bonds is 10. The molecule has 174 valence electrons. The zero-order chi connectivity index (χ0) is 23.6. The molecule has 2 aromatic carbocycles. The Kier molecular flexibility index (Phi) is 9.07. The molecule has 0 spiro atoms. The second-order valence-corrected chi connectivity index (χ2v) is 9.13. The molecule has 0 aliphatic heterocycles. The summed E-state index contributed by atoms with van der Waals surface area (Å²) in [4.78, 5) is 31.2. The number of carbonyl (C=O) groups excluding carboxylic acids is 2.